The van der Waals surface area contributed by atoms with Crippen LogP contribution in [0.5, 0.6) is 5.75 Å². The summed E-state index contributed by atoms with van der Waals surface area (Å²) in [6.45, 7) is 10.7. The Hall–Kier alpha value is -3.24. The topological polar surface area (TPSA) is 115 Å². The van der Waals surface area contributed by atoms with Gasteiger partial charge in [0.25, 0.3) is 0 Å². The van der Waals surface area contributed by atoms with E-state index in [1.165, 1.54) is 4.31 Å². The number of benzene rings is 2. The van der Waals surface area contributed by atoms with E-state index >= 15 is 0 Å². The van der Waals surface area contributed by atoms with Crippen molar-refractivity contribution in [1.29, 1.82) is 0 Å². The van der Waals surface area contributed by atoms with Gasteiger partial charge >= 0.3 is 5.97 Å². The number of aryl methyl sites for hydroxylation is 3. The molecule has 0 saturated carbocycles. The summed E-state index contributed by atoms with van der Waals surface area (Å²) in [5.74, 6) is -0.834. The molecule has 0 amide bonds. The van der Waals surface area contributed by atoms with Gasteiger partial charge in [-0.3, -0.25) is 9.48 Å². The van der Waals surface area contributed by atoms with E-state index in [0.29, 0.717) is 25.0 Å². The summed E-state index contributed by atoms with van der Waals surface area (Å²) in [7, 11) is -3.80. The van der Waals surface area contributed by atoms with E-state index < -0.39 is 21.4 Å². The lowest BCUT2D eigenvalue weighted by molar-refractivity contribution is -0.148. The van der Waals surface area contributed by atoms with E-state index in [1.807, 2.05) is 42.9 Å². The molecule has 4 rings (SSSR count). The van der Waals surface area contributed by atoms with Crippen LogP contribution in [0.25, 0.3) is 0 Å². The number of rotatable bonds is 11. The van der Waals surface area contributed by atoms with Crippen molar-refractivity contribution in [3.63, 3.8) is 0 Å². The fourth-order valence-corrected chi connectivity index (χ4v) is 6.82. The zero-order valence-corrected chi connectivity index (χ0v) is 24.8. The first-order chi connectivity index (χ1) is 19.0. The van der Waals surface area contributed by atoms with Crippen LogP contribution in [0.15, 0.2) is 53.6 Å². The molecule has 2 aromatic carbocycles. The third-order valence-electron chi connectivity index (χ3n) is 7.90. The van der Waals surface area contributed by atoms with Crippen LogP contribution in [-0.2, 0) is 34.3 Å². The largest absolute Gasteiger partial charge is 0.488 e. The normalized spacial score (nSPS) is 18.0. The second-order valence-electron chi connectivity index (χ2n) is 11.2. The molecule has 0 aliphatic carbocycles. The molecule has 0 spiro atoms. The molecule has 1 aliphatic heterocycles. The second-order valence-corrected chi connectivity index (χ2v) is 13.1. The highest BCUT2D eigenvalue weighted by Gasteiger charge is 2.38. The average Bonchev–Trinajstić information content (AvgIpc) is 3.32. The Labute approximate surface area is 237 Å². The van der Waals surface area contributed by atoms with Gasteiger partial charge in [0.2, 0.25) is 10.0 Å². The van der Waals surface area contributed by atoms with Gasteiger partial charge in [0, 0.05) is 19.3 Å². The lowest BCUT2D eigenvalue weighted by Gasteiger charge is -2.32. The van der Waals surface area contributed by atoms with Crippen LogP contribution in [-0.4, -0.2) is 51.4 Å². The zero-order valence-electron chi connectivity index (χ0n) is 24.0. The van der Waals surface area contributed by atoms with Crippen molar-refractivity contribution in [2.45, 2.75) is 90.3 Å². The number of fused-ring (bicyclic) bond motifs is 1. The number of hydrogen-bond acceptors (Lipinski definition) is 6. The quantitative estimate of drug-likeness (QED) is 0.339. The van der Waals surface area contributed by atoms with Crippen LogP contribution in [0, 0.1) is 12.3 Å². The van der Waals surface area contributed by atoms with Crippen LogP contribution in [0.1, 0.15) is 75.3 Å². The third-order valence-corrected chi connectivity index (χ3v) is 9.75. The van der Waals surface area contributed by atoms with Crippen LogP contribution in [0.3, 0.4) is 0 Å². The summed E-state index contributed by atoms with van der Waals surface area (Å²) in [5.41, 5.74) is 2.42. The Morgan fingerprint density at radius 1 is 1.20 bits per heavy atom. The lowest BCUT2D eigenvalue weighted by atomic mass is 9.72. The van der Waals surface area contributed by atoms with Gasteiger partial charge in [0.15, 0.2) is 0 Å². The van der Waals surface area contributed by atoms with Gasteiger partial charge in [0.1, 0.15) is 16.7 Å². The molecule has 1 N–H and O–H groups in total. The van der Waals surface area contributed by atoms with E-state index in [-0.39, 0.29) is 30.0 Å². The van der Waals surface area contributed by atoms with Crippen molar-refractivity contribution in [2.24, 2.45) is 5.41 Å². The number of carboxylic acid groups (broad SMARTS) is 1. The van der Waals surface area contributed by atoms with E-state index in [4.69, 9.17) is 4.74 Å². The molecule has 3 aromatic rings. The summed E-state index contributed by atoms with van der Waals surface area (Å²) < 4.78 is 36.8. The Morgan fingerprint density at radius 2 is 1.95 bits per heavy atom. The average molecular weight is 569 g/mol. The van der Waals surface area contributed by atoms with Crippen molar-refractivity contribution in [3.05, 3.63) is 71.0 Å². The molecule has 9 nitrogen and oxygen atoms in total. The van der Waals surface area contributed by atoms with E-state index in [9.17, 15) is 18.3 Å². The first-order valence-corrected chi connectivity index (χ1v) is 15.4. The molecule has 1 aromatic heterocycles. The number of para-hydroxylation sites is 1. The fourth-order valence-electron chi connectivity index (χ4n) is 5.25. The minimum atomic E-state index is -3.80. The monoisotopic (exact) mass is 568 g/mol. The maximum Gasteiger partial charge on any atom is 0.309 e. The molecule has 40 heavy (non-hydrogen) atoms. The van der Waals surface area contributed by atoms with Crippen LogP contribution < -0.4 is 4.74 Å². The van der Waals surface area contributed by atoms with E-state index in [2.05, 4.69) is 17.2 Å². The number of sulfonamides is 1. The Morgan fingerprint density at radius 3 is 2.65 bits per heavy atom. The van der Waals surface area contributed by atoms with Crippen molar-refractivity contribution >= 4 is 16.0 Å². The van der Waals surface area contributed by atoms with Crippen LogP contribution >= 0.6 is 0 Å². The van der Waals surface area contributed by atoms with Gasteiger partial charge < -0.3 is 9.84 Å². The van der Waals surface area contributed by atoms with Crippen molar-refractivity contribution < 1.29 is 23.1 Å². The van der Waals surface area contributed by atoms with Crippen LogP contribution in [0.4, 0.5) is 0 Å². The molecule has 0 fully saturated rings. The maximum atomic E-state index is 13.7. The molecule has 1 aliphatic rings. The number of aromatic nitrogens is 3. The predicted molar refractivity (Wildman–Crippen MR) is 153 cm³/mol. The molecular weight excluding hydrogens is 528 g/mol. The van der Waals surface area contributed by atoms with Gasteiger partial charge in [-0.05, 0) is 81.2 Å². The number of aliphatic carboxylic acids is 1. The smallest absolute Gasteiger partial charge is 0.309 e. The molecule has 2 heterocycles. The maximum absolute atomic E-state index is 13.7. The van der Waals surface area contributed by atoms with Gasteiger partial charge in [-0.1, -0.05) is 49.4 Å². The highest BCUT2D eigenvalue weighted by molar-refractivity contribution is 7.89. The summed E-state index contributed by atoms with van der Waals surface area (Å²) in [6, 6.07) is 12.7. The lowest BCUT2D eigenvalue weighted by Crippen LogP contribution is -2.36. The number of ether oxygens (including phenoxy) is 1. The van der Waals surface area contributed by atoms with Gasteiger partial charge in [-0.2, -0.15) is 4.31 Å². The minimum Gasteiger partial charge on any atom is -0.488 e. The molecule has 0 radical (unpaired) electrons. The first kappa shape index (κ1) is 29.7. The standard InChI is InChI=1S/C30H40N4O5S/c1-6-16-33-19-24(31-32-33)14-15-26(30(4,5)29(35)36)22-13-12-21(3)23(17-22)18-34-20-25(7-2)39-27-10-8-9-11-28(27)40(34,37)38/h8-13,17,19,25-26H,6-7,14-16,18,20H2,1-5H3,(H,35,36)/t25-,26?/m1/s1. The molecular formula is C30H40N4O5S. The number of carboxylic acids is 1. The third kappa shape index (κ3) is 6.23. The molecule has 2 atom stereocenters. The van der Waals surface area contributed by atoms with Crippen molar-refractivity contribution in [1.82, 2.24) is 19.3 Å². The SMILES string of the molecule is CCCn1cc(CCC(c2ccc(C)c(CN3C[C@@H](CC)Oc4ccccc4S3(=O)=O)c2)C(C)(C)C(=O)O)nn1. The summed E-state index contributed by atoms with van der Waals surface area (Å²) in [4.78, 5) is 12.5. The van der Waals surface area contributed by atoms with Gasteiger partial charge in [0.05, 0.1) is 17.7 Å². The van der Waals surface area contributed by atoms with E-state index in [1.54, 1.807) is 38.1 Å². The van der Waals surface area contributed by atoms with Gasteiger partial charge in [-0.15, -0.1) is 5.10 Å². The first-order valence-electron chi connectivity index (χ1n) is 13.9. The van der Waals surface area contributed by atoms with E-state index in [0.717, 1.165) is 35.3 Å². The zero-order chi connectivity index (χ0) is 29.1. The Kier molecular flexibility index (Phi) is 8.99. The number of hydrogen-bond donors (Lipinski definition) is 1. The molecule has 1 unspecified atom stereocenters. The summed E-state index contributed by atoms with van der Waals surface area (Å²) in [5, 5.41) is 18.6. The Balaban J connectivity index is 1.67. The highest BCUT2D eigenvalue weighted by atomic mass is 32.2. The molecule has 0 saturated heterocycles. The molecule has 10 heteroatoms. The van der Waals surface area contributed by atoms with Crippen molar-refractivity contribution in [3.8, 4) is 5.75 Å². The van der Waals surface area contributed by atoms with Crippen LogP contribution in [0.2, 0.25) is 0 Å². The summed E-state index contributed by atoms with van der Waals surface area (Å²) >= 11 is 0. The predicted octanol–water partition coefficient (Wildman–Crippen LogP) is 5.19. The number of carbonyl (C=O) groups is 1. The number of nitrogens with zero attached hydrogens (tertiary/aromatic N) is 4. The van der Waals surface area contributed by atoms with Crippen molar-refractivity contribution in [2.75, 3.05) is 6.54 Å². The fraction of sp³-hybridized carbons (Fsp3) is 0.500. The second kappa shape index (κ2) is 12.1. The molecule has 0 bridgehead atoms. The summed E-state index contributed by atoms with van der Waals surface area (Å²) in [6.07, 6.45) is 4.41. The minimum absolute atomic E-state index is 0.167. The molecule has 216 valence electrons. The van der Waals surface area contributed by atoms with Gasteiger partial charge in [-0.25, -0.2) is 8.42 Å². The Bertz CT molecular complexity index is 1450. The highest BCUT2D eigenvalue weighted by Crippen LogP contribution is 2.40.